The second-order valence-electron chi connectivity index (χ2n) is 7.71. The van der Waals surface area contributed by atoms with E-state index < -0.39 is 10.0 Å². The number of nitrogens with one attached hydrogen (secondary N) is 1. The van der Waals surface area contributed by atoms with Gasteiger partial charge < -0.3 is 9.80 Å². The van der Waals surface area contributed by atoms with Gasteiger partial charge in [0.15, 0.2) is 0 Å². The van der Waals surface area contributed by atoms with E-state index in [9.17, 15) is 17.6 Å². The summed E-state index contributed by atoms with van der Waals surface area (Å²) in [6.45, 7) is 2.18. The molecule has 1 heterocycles. The van der Waals surface area contributed by atoms with E-state index in [1.165, 1.54) is 18.2 Å². The third kappa shape index (κ3) is 5.52. The van der Waals surface area contributed by atoms with Crippen molar-refractivity contribution >= 4 is 33.2 Å². The van der Waals surface area contributed by atoms with E-state index in [0.717, 1.165) is 5.56 Å². The molecule has 6 nitrogen and oxygen atoms in total. The van der Waals surface area contributed by atoms with Gasteiger partial charge in [-0.2, -0.15) is 0 Å². The number of carbonyl (C=O) groups is 1. The quantitative estimate of drug-likeness (QED) is 0.572. The molecule has 33 heavy (non-hydrogen) atoms. The second-order valence-corrected chi connectivity index (χ2v) is 9.91. The number of amides is 1. The van der Waals surface area contributed by atoms with Gasteiger partial charge >= 0.3 is 0 Å². The molecule has 0 saturated carbocycles. The van der Waals surface area contributed by atoms with Crippen LogP contribution < -0.4 is 9.62 Å². The van der Waals surface area contributed by atoms with Crippen LogP contribution in [0.2, 0.25) is 5.02 Å². The van der Waals surface area contributed by atoms with Crippen molar-refractivity contribution in [1.29, 1.82) is 0 Å². The molecule has 1 amide bonds. The van der Waals surface area contributed by atoms with Crippen LogP contribution in [0, 0.1) is 5.82 Å². The third-order valence-electron chi connectivity index (χ3n) is 5.53. The Morgan fingerprint density at radius 1 is 0.939 bits per heavy atom. The molecular weight excluding hydrogens is 465 g/mol. The monoisotopic (exact) mass is 487 g/mol. The van der Waals surface area contributed by atoms with Crippen LogP contribution >= 0.6 is 11.6 Å². The van der Waals surface area contributed by atoms with Gasteiger partial charge in [0.05, 0.1) is 10.6 Å². The minimum Gasteiger partial charge on any atom is -0.366 e. The van der Waals surface area contributed by atoms with E-state index in [-0.39, 0.29) is 23.2 Å². The largest absolute Gasteiger partial charge is 0.366 e. The molecule has 1 aliphatic heterocycles. The number of nitrogens with zero attached hydrogens (tertiary/aromatic N) is 2. The second kappa shape index (κ2) is 9.91. The zero-order chi connectivity index (χ0) is 23.4. The zero-order valence-corrected chi connectivity index (χ0v) is 19.3. The van der Waals surface area contributed by atoms with Crippen molar-refractivity contribution in [1.82, 2.24) is 9.62 Å². The van der Waals surface area contributed by atoms with Crippen LogP contribution in [0.4, 0.5) is 10.1 Å². The van der Waals surface area contributed by atoms with E-state index in [2.05, 4.69) is 4.72 Å². The molecule has 4 rings (SSSR count). The van der Waals surface area contributed by atoms with Crippen molar-refractivity contribution in [3.63, 3.8) is 0 Å². The van der Waals surface area contributed by atoms with E-state index in [1.54, 1.807) is 59.5 Å². The Balaban J connectivity index is 1.34. The van der Waals surface area contributed by atoms with Crippen LogP contribution in [0.25, 0.3) is 0 Å². The van der Waals surface area contributed by atoms with Gasteiger partial charge in [-0.05, 0) is 48.0 Å². The smallest absolute Gasteiger partial charge is 0.253 e. The topological polar surface area (TPSA) is 69.7 Å². The van der Waals surface area contributed by atoms with Gasteiger partial charge in [-0.1, -0.05) is 41.9 Å². The average molecular weight is 488 g/mol. The molecule has 1 fully saturated rings. The molecule has 0 aromatic heterocycles. The summed E-state index contributed by atoms with van der Waals surface area (Å²) in [6.07, 6.45) is 0. The number of halogens is 2. The lowest BCUT2D eigenvalue weighted by Crippen LogP contribution is -2.49. The molecule has 0 unspecified atom stereocenters. The maximum Gasteiger partial charge on any atom is 0.253 e. The first-order chi connectivity index (χ1) is 15.8. The minimum absolute atomic E-state index is 0.0879. The Bertz CT molecular complexity index is 1240. The Labute approximate surface area is 197 Å². The molecule has 0 spiro atoms. The van der Waals surface area contributed by atoms with E-state index in [0.29, 0.717) is 42.5 Å². The highest BCUT2D eigenvalue weighted by Crippen LogP contribution is 2.21. The van der Waals surface area contributed by atoms with E-state index in [1.807, 2.05) is 4.90 Å². The van der Waals surface area contributed by atoms with Gasteiger partial charge in [0, 0.05) is 43.3 Å². The molecule has 9 heteroatoms. The molecule has 3 aromatic rings. The number of para-hydroxylation sites is 1. The highest BCUT2D eigenvalue weighted by atomic mass is 35.5. The van der Waals surface area contributed by atoms with Crippen molar-refractivity contribution in [2.24, 2.45) is 0 Å². The fraction of sp³-hybridized carbons (Fsp3) is 0.208. The van der Waals surface area contributed by atoms with Crippen molar-refractivity contribution in [3.05, 3.63) is 94.8 Å². The van der Waals surface area contributed by atoms with Crippen molar-refractivity contribution in [2.45, 2.75) is 11.4 Å². The van der Waals surface area contributed by atoms with Crippen LogP contribution in [0.15, 0.2) is 77.7 Å². The maximum absolute atomic E-state index is 14.0. The lowest BCUT2D eigenvalue weighted by Gasteiger charge is -2.36. The Morgan fingerprint density at radius 2 is 1.64 bits per heavy atom. The third-order valence-corrected chi connectivity index (χ3v) is 7.17. The van der Waals surface area contributed by atoms with Gasteiger partial charge in [-0.3, -0.25) is 4.79 Å². The first-order valence-corrected chi connectivity index (χ1v) is 12.3. The summed E-state index contributed by atoms with van der Waals surface area (Å²) in [7, 11) is -3.70. The number of hydrogen-bond acceptors (Lipinski definition) is 4. The van der Waals surface area contributed by atoms with Gasteiger partial charge in [0.25, 0.3) is 5.91 Å². The van der Waals surface area contributed by atoms with Crippen LogP contribution in [-0.2, 0) is 16.6 Å². The summed E-state index contributed by atoms with van der Waals surface area (Å²) in [4.78, 5) is 16.6. The van der Waals surface area contributed by atoms with Crippen LogP contribution in [-0.4, -0.2) is 45.4 Å². The molecule has 0 bridgehead atoms. The van der Waals surface area contributed by atoms with Crippen LogP contribution in [0.1, 0.15) is 15.9 Å². The van der Waals surface area contributed by atoms with E-state index in [4.69, 9.17) is 11.6 Å². The van der Waals surface area contributed by atoms with Crippen molar-refractivity contribution < 1.29 is 17.6 Å². The maximum atomic E-state index is 14.0. The number of hydrogen-bond donors (Lipinski definition) is 1. The normalized spacial score (nSPS) is 14.4. The summed E-state index contributed by atoms with van der Waals surface area (Å²) in [6, 6.07) is 19.5. The molecule has 0 aliphatic carbocycles. The van der Waals surface area contributed by atoms with Crippen LogP contribution in [0.5, 0.6) is 0 Å². The molecule has 0 radical (unpaired) electrons. The van der Waals surface area contributed by atoms with Gasteiger partial charge in [0.2, 0.25) is 10.0 Å². The van der Waals surface area contributed by atoms with Gasteiger partial charge in [-0.25, -0.2) is 17.5 Å². The van der Waals surface area contributed by atoms with Crippen molar-refractivity contribution in [2.75, 3.05) is 31.1 Å². The Kier molecular flexibility index (Phi) is 6.97. The summed E-state index contributed by atoms with van der Waals surface area (Å²) in [5.74, 6) is -0.368. The average Bonchev–Trinajstić information content (AvgIpc) is 2.83. The predicted octanol–water partition coefficient (Wildman–Crippen LogP) is 3.92. The molecule has 172 valence electrons. The summed E-state index contributed by atoms with van der Waals surface area (Å²) >= 11 is 5.88. The van der Waals surface area contributed by atoms with Gasteiger partial charge in [-0.15, -0.1) is 0 Å². The zero-order valence-electron chi connectivity index (χ0n) is 17.7. The summed E-state index contributed by atoms with van der Waals surface area (Å²) < 4.78 is 41.4. The standard InChI is InChI=1S/C24H23ClFN3O3S/c25-20-4-3-5-21(16-20)33(31,32)27-17-18-8-10-19(11-9-18)24(30)29-14-12-28(13-15-29)23-7-2-1-6-22(23)26/h1-11,16,27H,12-15,17H2. The molecular formula is C24H23ClFN3O3S. The number of anilines is 1. The molecule has 1 N–H and O–H groups in total. The first-order valence-electron chi connectivity index (χ1n) is 10.5. The fourth-order valence-electron chi connectivity index (χ4n) is 3.70. The van der Waals surface area contributed by atoms with E-state index >= 15 is 0 Å². The predicted molar refractivity (Wildman–Crippen MR) is 126 cm³/mol. The number of carbonyl (C=O) groups excluding carboxylic acids is 1. The van der Waals surface area contributed by atoms with Crippen LogP contribution in [0.3, 0.4) is 0 Å². The fourth-order valence-corrected chi connectivity index (χ4v) is 5.02. The first kappa shape index (κ1) is 23.2. The number of rotatable bonds is 6. The molecule has 3 aromatic carbocycles. The Hall–Kier alpha value is -2.94. The van der Waals surface area contributed by atoms with Gasteiger partial charge in [0.1, 0.15) is 5.82 Å². The number of sulfonamides is 1. The van der Waals surface area contributed by atoms with Crippen molar-refractivity contribution in [3.8, 4) is 0 Å². The highest BCUT2D eigenvalue weighted by molar-refractivity contribution is 7.89. The lowest BCUT2D eigenvalue weighted by molar-refractivity contribution is 0.0746. The molecule has 1 saturated heterocycles. The SMILES string of the molecule is O=C(c1ccc(CNS(=O)(=O)c2cccc(Cl)c2)cc1)N1CCN(c2ccccc2F)CC1. The number of benzene rings is 3. The molecule has 1 aliphatic rings. The summed E-state index contributed by atoms with van der Waals surface area (Å²) in [5, 5.41) is 0.343. The molecule has 0 atom stereocenters. The minimum atomic E-state index is -3.70. The Morgan fingerprint density at radius 3 is 2.30 bits per heavy atom. The number of piperazine rings is 1. The lowest BCUT2D eigenvalue weighted by atomic mass is 10.1. The summed E-state index contributed by atoms with van der Waals surface area (Å²) in [5.41, 5.74) is 1.80. The highest BCUT2D eigenvalue weighted by Gasteiger charge is 2.23.